The van der Waals surface area contributed by atoms with E-state index in [4.69, 9.17) is 16.3 Å². The molecule has 0 radical (unpaired) electrons. The van der Waals surface area contributed by atoms with E-state index >= 15 is 0 Å². The molecule has 0 unspecified atom stereocenters. The average molecular weight is 299 g/mol. The second kappa shape index (κ2) is 5.70. The summed E-state index contributed by atoms with van der Waals surface area (Å²) in [5.41, 5.74) is 3.03. The van der Waals surface area contributed by atoms with Crippen LogP contribution in [0.4, 0.5) is 0 Å². The van der Waals surface area contributed by atoms with E-state index in [2.05, 4.69) is 16.9 Å². The molecular formula is C17H15ClN2O. The van der Waals surface area contributed by atoms with E-state index in [9.17, 15) is 0 Å². The average Bonchev–Trinajstić information content (AvgIpc) is 2.53. The lowest BCUT2D eigenvalue weighted by Gasteiger charge is -2.12. The molecule has 0 spiro atoms. The molecule has 1 aromatic carbocycles. The molecular weight excluding hydrogens is 284 g/mol. The first-order valence-electron chi connectivity index (χ1n) is 6.81. The molecule has 0 atom stereocenters. The standard InChI is InChI=1S/C17H15ClN2O/c1-3-15-14-10-20-17(18)8-12(14)13(9-19-15)11-6-4-5-7-16(11)21-2/h4-10H,3H2,1-2H3. The summed E-state index contributed by atoms with van der Waals surface area (Å²) >= 11 is 6.08. The van der Waals surface area contributed by atoms with E-state index in [1.807, 2.05) is 36.5 Å². The summed E-state index contributed by atoms with van der Waals surface area (Å²) in [5.74, 6) is 0.817. The van der Waals surface area contributed by atoms with Crippen LogP contribution in [0.25, 0.3) is 21.9 Å². The first-order chi connectivity index (χ1) is 10.2. The molecule has 0 aliphatic heterocycles. The summed E-state index contributed by atoms with van der Waals surface area (Å²) in [5, 5.41) is 2.56. The number of ether oxygens (including phenoxy) is 1. The van der Waals surface area contributed by atoms with Gasteiger partial charge in [-0.15, -0.1) is 0 Å². The Kier molecular flexibility index (Phi) is 3.76. The zero-order valence-corrected chi connectivity index (χ0v) is 12.7. The smallest absolute Gasteiger partial charge is 0.129 e. The van der Waals surface area contributed by atoms with Gasteiger partial charge in [0.05, 0.1) is 7.11 Å². The van der Waals surface area contributed by atoms with Crippen LogP contribution in [0.15, 0.2) is 42.7 Å². The molecule has 0 N–H and O–H groups in total. The van der Waals surface area contributed by atoms with Gasteiger partial charge in [0.2, 0.25) is 0 Å². The van der Waals surface area contributed by atoms with Crippen LogP contribution in [0.3, 0.4) is 0 Å². The van der Waals surface area contributed by atoms with Crippen LogP contribution in [-0.4, -0.2) is 17.1 Å². The molecule has 106 valence electrons. The monoisotopic (exact) mass is 298 g/mol. The zero-order chi connectivity index (χ0) is 14.8. The quantitative estimate of drug-likeness (QED) is 0.667. The third-order valence-corrected chi connectivity index (χ3v) is 3.76. The number of hydrogen-bond acceptors (Lipinski definition) is 3. The van der Waals surface area contributed by atoms with Crippen LogP contribution in [0.1, 0.15) is 12.6 Å². The fourth-order valence-electron chi connectivity index (χ4n) is 2.53. The summed E-state index contributed by atoms with van der Waals surface area (Å²) in [6, 6.07) is 9.79. The van der Waals surface area contributed by atoms with E-state index in [0.717, 1.165) is 39.8 Å². The Hall–Kier alpha value is -2.13. The molecule has 3 nitrogen and oxygen atoms in total. The maximum absolute atomic E-state index is 6.08. The molecule has 0 aliphatic carbocycles. The number of halogens is 1. The molecule has 0 fully saturated rings. The zero-order valence-electron chi connectivity index (χ0n) is 11.9. The van der Waals surface area contributed by atoms with E-state index in [1.54, 1.807) is 13.3 Å². The maximum Gasteiger partial charge on any atom is 0.129 e. The van der Waals surface area contributed by atoms with Gasteiger partial charge in [-0.05, 0) is 23.9 Å². The van der Waals surface area contributed by atoms with Crippen molar-refractivity contribution in [2.24, 2.45) is 0 Å². The van der Waals surface area contributed by atoms with Crippen LogP contribution in [0.2, 0.25) is 5.15 Å². The number of rotatable bonds is 3. The summed E-state index contributed by atoms with van der Waals surface area (Å²) < 4.78 is 5.46. The van der Waals surface area contributed by atoms with Crippen LogP contribution in [0.5, 0.6) is 5.75 Å². The molecule has 2 heterocycles. The van der Waals surface area contributed by atoms with Crippen molar-refractivity contribution in [2.75, 3.05) is 7.11 Å². The molecule has 4 heteroatoms. The Morgan fingerprint density at radius 2 is 1.86 bits per heavy atom. The molecule has 0 aliphatic rings. The minimum Gasteiger partial charge on any atom is -0.496 e. The Balaban J connectivity index is 2.35. The van der Waals surface area contributed by atoms with Crippen molar-refractivity contribution in [2.45, 2.75) is 13.3 Å². The number of methoxy groups -OCH3 is 1. The van der Waals surface area contributed by atoms with Crippen molar-refractivity contribution >= 4 is 22.4 Å². The minimum absolute atomic E-state index is 0.479. The third-order valence-electron chi connectivity index (χ3n) is 3.55. The SMILES string of the molecule is CCc1ncc(-c2ccccc2OC)c2cc(Cl)ncc12. The Morgan fingerprint density at radius 3 is 2.62 bits per heavy atom. The second-order valence-corrected chi connectivity index (χ2v) is 5.11. The third kappa shape index (κ3) is 2.45. The van der Waals surface area contributed by atoms with Gasteiger partial charge in [-0.2, -0.15) is 0 Å². The van der Waals surface area contributed by atoms with E-state index in [0.29, 0.717) is 5.15 Å². The van der Waals surface area contributed by atoms with Gasteiger partial charge in [0, 0.05) is 34.6 Å². The summed E-state index contributed by atoms with van der Waals surface area (Å²) in [6.07, 6.45) is 4.53. The number of aryl methyl sites for hydroxylation is 1. The summed E-state index contributed by atoms with van der Waals surface area (Å²) in [4.78, 5) is 8.76. The van der Waals surface area contributed by atoms with Gasteiger partial charge in [-0.25, -0.2) is 4.98 Å². The van der Waals surface area contributed by atoms with Crippen LogP contribution in [-0.2, 0) is 6.42 Å². The van der Waals surface area contributed by atoms with Gasteiger partial charge in [0.25, 0.3) is 0 Å². The highest BCUT2D eigenvalue weighted by atomic mass is 35.5. The lowest BCUT2D eigenvalue weighted by molar-refractivity contribution is 0.416. The Morgan fingerprint density at radius 1 is 1.05 bits per heavy atom. The van der Waals surface area contributed by atoms with Gasteiger partial charge in [0.1, 0.15) is 10.9 Å². The van der Waals surface area contributed by atoms with Crippen LogP contribution < -0.4 is 4.74 Å². The van der Waals surface area contributed by atoms with Gasteiger partial charge in [0.15, 0.2) is 0 Å². The van der Waals surface area contributed by atoms with Crippen molar-refractivity contribution in [3.05, 3.63) is 53.6 Å². The van der Waals surface area contributed by atoms with E-state index in [1.165, 1.54) is 0 Å². The van der Waals surface area contributed by atoms with Crippen LogP contribution in [0, 0.1) is 0 Å². The van der Waals surface area contributed by atoms with E-state index < -0.39 is 0 Å². The first kappa shape index (κ1) is 13.8. The molecule has 0 amide bonds. The summed E-state index contributed by atoms with van der Waals surface area (Å²) in [7, 11) is 1.67. The lowest BCUT2D eigenvalue weighted by atomic mass is 9.99. The Labute approximate surface area is 128 Å². The highest BCUT2D eigenvalue weighted by molar-refractivity contribution is 6.30. The molecule has 3 aromatic rings. The fraction of sp³-hybridized carbons (Fsp3) is 0.176. The van der Waals surface area contributed by atoms with Gasteiger partial charge in [-0.1, -0.05) is 36.7 Å². The van der Waals surface area contributed by atoms with Crippen LogP contribution >= 0.6 is 11.6 Å². The number of nitrogens with zero attached hydrogens (tertiary/aromatic N) is 2. The largest absolute Gasteiger partial charge is 0.496 e. The predicted octanol–water partition coefficient (Wildman–Crippen LogP) is 4.52. The maximum atomic E-state index is 6.08. The molecule has 21 heavy (non-hydrogen) atoms. The van der Waals surface area contributed by atoms with Gasteiger partial charge in [-0.3, -0.25) is 4.98 Å². The topological polar surface area (TPSA) is 35.0 Å². The molecule has 3 rings (SSSR count). The number of para-hydroxylation sites is 1. The second-order valence-electron chi connectivity index (χ2n) is 4.73. The molecule has 2 aromatic heterocycles. The molecule has 0 bridgehead atoms. The highest BCUT2D eigenvalue weighted by Crippen LogP contribution is 2.35. The van der Waals surface area contributed by atoms with Crippen molar-refractivity contribution in [3.63, 3.8) is 0 Å². The van der Waals surface area contributed by atoms with Gasteiger partial charge < -0.3 is 4.74 Å². The minimum atomic E-state index is 0.479. The molecule has 0 saturated heterocycles. The normalized spacial score (nSPS) is 10.8. The summed E-state index contributed by atoms with van der Waals surface area (Å²) in [6.45, 7) is 2.08. The van der Waals surface area contributed by atoms with Crippen molar-refractivity contribution in [1.82, 2.24) is 9.97 Å². The van der Waals surface area contributed by atoms with Crippen molar-refractivity contribution in [1.29, 1.82) is 0 Å². The molecule has 0 saturated carbocycles. The fourth-order valence-corrected chi connectivity index (χ4v) is 2.69. The van der Waals surface area contributed by atoms with Crippen molar-refractivity contribution < 1.29 is 4.74 Å². The van der Waals surface area contributed by atoms with E-state index in [-0.39, 0.29) is 0 Å². The number of aromatic nitrogens is 2. The van der Waals surface area contributed by atoms with Gasteiger partial charge >= 0.3 is 0 Å². The number of pyridine rings is 2. The lowest BCUT2D eigenvalue weighted by Crippen LogP contribution is -1.95. The predicted molar refractivity (Wildman–Crippen MR) is 85.9 cm³/mol. The Bertz CT molecular complexity index is 802. The first-order valence-corrected chi connectivity index (χ1v) is 7.19. The number of benzene rings is 1. The number of hydrogen-bond donors (Lipinski definition) is 0. The highest BCUT2D eigenvalue weighted by Gasteiger charge is 2.12. The number of fused-ring (bicyclic) bond motifs is 1. The van der Waals surface area contributed by atoms with Crippen molar-refractivity contribution in [3.8, 4) is 16.9 Å².